The fourth-order valence-corrected chi connectivity index (χ4v) is 2.44. The van der Waals surface area contributed by atoms with Crippen molar-refractivity contribution in [2.75, 3.05) is 6.61 Å². The Labute approximate surface area is 102 Å². The summed E-state index contributed by atoms with van der Waals surface area (Å²) >= 11 is 1.68. The number of aryl methyl sites for hydroxylation is 1. The van der Waals surface area contributed by atoms with Gasteiger partial charge < -0.3 is 10.4 Å². The fourth-order valence-electron chi connectivity index (χ4n) is 1.73. The van der Waals surface area contributed by atoms with Crippen LogP contribution in [0.1, 0.15) is 43.9 Å². The van der Waals surface area contributed by atoms with Crippen LogP contribution in [0.25, 0.3) is 0 Å². The second-order valence-corrected chi connectivity index (χ2v) is 5.60. The maximum atomic E-state index is 9.02. The van der Waals surface area contributed by atoms with E-state index in [1.807, 2.05) is 6.92 Å². The van der Waals surface area contributed by atoms with Crippen molar-refractivity contribution < 1.29 is 5.11 Å². The molecular formula is C12H22N2OS. The van der Waals surface area contributed by atoms with Gasteiger partial charge in [0.1, 0.15) is 0 Å². The van der Waals surface area contributed by atoms with Gasteiger partial charge in [-0.1, -0.05) is 13.8 Å². The van der Waals surface area contributed by atoms with Gasteiger partial charge in [-0.3, -0.25) is 0 Å². The number of aromatic nitrogens is 1. The van der Waals surface area contributed by atoms with Crippen molar-refractivity contribution in [2.45, 2.75) is 46.2 Å². The Balaban J connectivity index is 2.57. The van der Waals surface area contributed by atoms with Crippen molar-refractivity contribution in [3.05, 3.63) is 16.1 Å². The molecule has 2 N–H and O–H groups in total. The van der Waals surface area contributed by atoms with Gasteiger partial charge in [-0.25, -0.2) is 4.98 Å². The summed E-state index contributed by atoms with van der Waals surface area (Å²) in [4.78, 5) is 4.48. The molecule has 0 saturated carbocycles. The number of hydrogen-bond acceptors (Lipinski definition) is 4. The van der Waals surface area contributed by atoms with Crippen LogP contribution in [0.15, 0.2) is 5.38 Å². The van der Waals surface area contributed by atoms with Crippen molar-refractivity contribution >= 4 is 11.3 Å². The van der Waals surface area contributed by atoms with Crippen molar-refractivity contribution in [2.24, 2.45) is 5.92 Å². The molecule has 1 rings (SSSR count). The topological polar surface area (TPSA) is 45.2 Å². The molecule has 2 unspecified atom stereocenters. The first-order chi connectivity index (χ1) is 7.54. The summed E-state index contributed by atoms with van der Waals surface area (Å²) in [7, 11) is 0. The van der Waals surface area contributed by atoms with Crippen LogP contribution >= 0.6 is 11.3 Å². The average Bonchev–Trinajstić information content (AvgIpc) is 2.64. The van der Waals surface area contributed by atoms with Crippen LogP contribution in [0.3, 0.4) is 0 Å². The first-order valence-electron chi connectivity index (χ1n) is 5.83. The molecule has 2 atom stereocenters. The van der Waals surface area contributed by atoms with Gasteiger partial charge in [0.15, 0.2) is 0 Å². The molecule has 92 valence electrons. The maximum Gasteiger partial charge on any atom is 0.0898 e. The zero-order chi connectivity index (χ0) is 12.1. The van der Waals surface area contributed by atoms with E-state index < -0.39 is 0 Å². The van der Waals surface area contributed by atoms with E-state index in [0.29, 0.717) is 12.0 Å². The lowest BCUT2D eigenvalue weighted by Gasteiger charge is -2.25. The normalized spacial score (nSPS) is 15.4. The second kappa shape index (κ2) is 6.33. The third-order valence-electron chi connectivity index (χ3n) is 2.79. The molecule has 4 heteroatoms. The van der Waals surface area contributed by atoms with Gasteiger partial charge in [0.2, 0.25) is 0 Å². The highest BCUT2D eigenvalue weighted by Gasteiger charge is 2.17. The zero-order valence-corrected chi connectivity index (χ0v) is 11.3. The van der Waals surface area contributed by atoms with Crippen LogP contribution in [0, 0.1) is 12.8 Å². The van der Waals surface area contributed by atoms with E-state index in [9.17, 15) is 0 Å². The highest BCUT2D eigenvalue weighted by molar-refractivity contribution is 7.09. The Hall–Kier alpha value is -0.450. The molecule has 0 bridgehead atoms. The SMILES string of the molecule is Cc1nc(C(C)NC(CCO)C(C)C)cs1. The van der Waals surface area contributed by atoms with Crippen molar-refractivity contribution in [3.63, 3.8) is 0 Å². The number of nitrogens with one attached hydrogen (secondary N) is 1. The minimum atomic E-state index is 0.235. The van der Waals surface area contributed by atoms with Crippen LogP contribution in [0.4, 0.5) is 0 Å². The molecule has 0 fully saturated rings. The average molecular weight is 242 g/mol. The van der Waals surface area contributed by atoms with Crippen LogP contribution in [0.5, 0.6) is 0 Å². The number of aliphatic hydroxyl groups is 1. The van der Waals surface area contributed by atoms with Crippen molar-refractivity contribution in [3.8, 4) is 0 Å². The highest BCUT2D eigenvalue weighted by atomic mass is 32.1. The predicted molar refractivity (Wildman–Crippen MR) is 68.7 cm³/mol. The van der Waals surface area contributed by atoms with Gasteiger partial charge in [-0.05, 0) is 26.2 Å². The molecule has 16 heavy (non-hydrogen) atoms. The standard InChI is InChI=1S/C12H22N2OS/c1-8(2)11(5-6-15)13-9(3)12-7-16-10(4)14-12/h7-9,11,13,15H,5-6H2,1-4H3. The number of hydrogen-bond donors (Lipinski definition) is 2. The van der Waals surface area contributed by atoms with Gasteiger partial charge in [0, 0.05) is 24.1 Å². The number of thiazole rings is 1. The van der Waals surface area contributed by atoms with E-state index in [1.165, 1.54) is 0 Å². The molecule has 1 aromatic rings. The Kier molecular flexibility index (Phi) is 5.38. The third kappa shape index (κ3) is 3.85. The molecule has 1 heterocycles. The molecule has 0 aliphatic rings. The first-order valence-corrected chi connectivity index (χ1v) is 6.71. The quantitative estimate of drug-likeness (QED) is 0.805. The van der Waals surface area contributed by atoms with Gasteiger partial charge in [0.05, 0.1) is 10.7 Å². The summed E-state index contributed by atoms with van der Waals surface area (Å²) in [5.74, 6) is 0.523. The summed E-state index contributed by atoms with van der Waals surface area (Å²) in [5, 5.41) is 15.8. The van der Waals surface area contributed by atoms with Crippen molar-refractivity contribution in [1.82, 2.24) is 10.3 Å². The Bertz CT molecular complexity index is 312. The minimum absolute atomic E-state index is 0.235. The molecule has 3 nitrogen and oxygen atoms in total. The maximum absolute atomic E-state index is 9.02. The Morgan fingerprint density at radius 3 is 2.56 bits per heavy atom. The molecule has 1 aromatic heterocycles. The molecule has 0 spiro atoms. The Morgan fingerprint density at radius 2 is 2.12 bits per heavy atom. The van der Waals surface area contributed by atoms with Gasteiger partial charge in [-0.15, -0.1) is 11.3 Å². The minimum Gasteiger partial charge on any atom is -0.396 e. The molecule has 0 aromatic carbocycles. The van der Waals surface area contributed by atoms with E-state index in [-0.39, 0.29) is 12.6 Å². The molecule has 0 saturated heterocycles. The van der Waals surface area contributed by atoms with Crippen molar-refractivity contribution in [1.29, 1.82) is 0 Å². The van der Waals surface area contributed by atoms with Crippen LogP contribution in [-0.2, 0) is 0 Å². The number of nitrogens with zero attached hydrogens (tertiary/aromatic N) is 1. The Morgan fingerprint density at radius 1 is 1.44 bits per heavy atom. The summed E-state index contributed by atoms with van der Waals surface area (Å²) in [6.07, 6.45) is 0.797. The lowest BCUT2D eigenvalue weighted by atomic mass is 10.00. The second-order valence-electron chi connectivity index (χ2n) is 4.54. The van der Waals surface area contributed by atoms with E-state index in [4.69, 9.17) is 5.11 Å². The fraction of sp³-hybridized carbons (Fsp3) is 0.750. The first kappa shape index (κ1) is 13.6. The van der Waals surface area contributed by atoms with E-state index in [2.05, 4.69) is 36.5 Å². The van der Waals surface area contributed by atoms with Crippen LogP contribution in [0.2, 0.25) is 0 Å². The van der Waals surface area contributed by atoms with Crippen LogP contribution in [-0.4, -0.2) is 22.7 Å². The largest absolute Gasteiger partial charge is 0.396 e. The molecule has 0 radical (unpaired) electrons. The summed E-state index contributed by atoms with van der Waals surface area (Å²) in [6.45, 7) is 8.73. The summed E-state index contributed by atoms with van der Waals surface area (Å²) in [5.41, 5.74) is 1.10. The lowest BCUT2D eigenvalue weighted by molar-refractivity contribution is 0.236. The molecular weight excluding hydrogens is 220 g/mol. The monoisotopic (exact) mass is 242 g/mol. The predicted octanol–water partition coefficient (Wildman–Crippen LogP) is 2.51. The van der Waals surface area contributed by atoms with Gasteiger partial charge >= 0.3 is 0 Å². The van der Waals surface area contributed by atoms with E-state index in [0.717, 1.165) is 17.1 Å². The number of rotatable bonds is 6. The smallest absolute Gasteiger partial charge is 0.0898 e. The summed E-state index contributed by atoms with van der Waals surface area (Å²) in [6, 6.07) is 0.603. The van der Waals surface area contributed by atoms with Gasteiger partial charge in [-0.2, -0.15) is 0 Å². The van der Waals surface area contributed by atoms with E-state index in [1.54, 1.807) is 11.3 Å². The van der Waals surface area contributed by atoms with Gasteiger partial charge in [0.25, 0.3) is 0 Å². The molecule has 0 aliphatic heterocycles. The molecule has 0 aliphatic carbocycles. The van der Waals surface area contributed by atoms with E-state index >= 15 is 0 Å². The molecule has 0 amide bonds. The van der Waals surface area contributed by atoms with Crippen LogP contribution < -0.4 is 5.32 Å². The zero-order valence-electron chi connectivity index (χ0n) is 10.5. The highest BCUT2D eigenvalue weighted by Crippen LogP contribution is 2.18. The number of aliphatic hydroxyl groups excluding tert-OH is 1. The lowest BCUT2D eigenvalue weighted by Crippen LogP contribution is -2.36. The summed E-state index contributed by atoms with van der Waals surface area (Å²) < 4.78 is 0. The third-order valence-corrected chi connectivity index (χ3v) is 3.58.